The van der Waals surface area contributed by atoms with E-state index in [0.29, 0.717) is 22.5 Å². The van der Waals surface area contributed by atoms with Crippen molar-refractivity contribution in [2.75, 3.05) is 6.61 Å². The van der Waals surface area contributed by atoms with Gasteiger partial charge in [0.25, 0.3) is 5.91 Å². The molecule has 0 saturated carbocycles. The fourth-order valence-corrected chi connectivity index (χ4v) is 2.61. The maximum atomic E-state index is 12.6. The molecule has 0 aliphatic rings. The first kappa shape index (κ1) is 18.9. The first-order valence-electron chi connectivity index (χ1n) is 8.59. The quantitative estimate of drug-likeness (QED) is 0.609. The van der Waals surface area contributed by atoms with Crippen LogP contribution in [0.25, 0.3) is 11.4 Å². The number of benzene rings is 2. The van der Waals surface area contributed by atoms with Crippen LogP contribution in [0.4, 0.5) is 0 Å². The van der Waals surface area contributed by atoms with E-state index < -0.39 is 0 Å². The molecule has 140 valence electrons. The lowest BCUT2D eigenvalue weighted by atomic mass is 10.2. The number of nitrogens with zero attached hydrogens (tertiary/aromatic N) is 3. The summed E-state index contributed by atoms with van der Waals surface area (Å²) in [5, 5.41) is 4.62. The standard InChI is InChI=1S/C20H20ClN3O3/c1-14(2)24(19(25)13-26-17-6-4-3-5-7-17)12-18-22-20(23-27-18)15-8-10-16(21)11-9-15/h3-11,14H,12-13H2,1-2H3. The van der Waals surface area contributed by atoms with E-state index in [1.165, 1.54) is 0 Å². The highest BCUT2D eigenvalue weighted by Gasteiger charge is 2.21. The van der Waals surface area contributed by atoms with E-state index in [1.807, 2.05) is 56.3 Å². The van der Waals surface area contributed by atoms with Crippen molar-refractivity contribution >= 4 is 17.5 Å². The molecule has 0 bridgehead atoms. The Morgan fingerprint density at radius 3 is 2.52 bits per heavy atom. The zero-order valence-corrected chi connectivity index (χ0v) is 15.9. The normalized spacial score (nSPS) is 10.8. The molecule has 0 unspecified atom stereocenters. The first-order valence-corrected chi connectivity index (χ1v) is 8.96. The smallest absolute Gasteiger partial charge is 0.261 e. The number of amides is 1. The number of halogens is 1. The Bertz CT molecular complexity index is 879. The summed E-state index contributed by atoms with van der Waals surface area (Å²) in [7, 11) is 0. The van der Waals surface area contributed by atoms with Crippen LogP contribution in [0, 0.1) is 0 Å². The SMILES string of the molecule is CC(C)N(Cc1nc(-c2ccc(Cl)cc2)no1)C(=O)COc1ccccc1. The first-order chi connectivity index (χ1) is 13.0. The van der Waals surface area contributed by atoms with Gasteiger partial charge in [-0.15, -0.1) is 0 Å². The van der Waals surface area contributed by atoms with Gasteiger partial charge in [0.2, 0.25) is 11.7 Å². The Hall–Kier alpha value is -2.86. The Labute approximate surface area is 162 Å². The molecule has 2 aromatic carbocycles. The van der Waals surface area contributed by atoms with Crippen LogP contribution in [0.5, 0.6) is 5.75 Å². The molecule has 6 nitrogen and oxygen atoms in total. The fourth-order valence-electron chi connectivity index (χ4n) is 2.48. The average molecular weight is 386 g/mol. The highest BCUT2D eigenvalue weighted by atomic mass is 35.5. The minimum Gasteiger partial charge on any atom is -0.484 e. The molecule has 0 atom stereocenters. The van der Waals surface area contributed by atoms with Crippen LogP contribution in [0.3, 0.4) is 0 Å². The predicted molar refractivity (Wildman–Crippen MR) is 102 cm³/mol. The lowest BCUT2D eigenvalue weighted by Gasteiger charge is -2.25. The lowest BCUT2D eigenvalue weighted by Crippen LogP contribution is -2.39. The van der Waals surface area contributed by atoms with Crippen LogP contribution in [0.1, 0.15) is 19.7 Å². The molecular formula is C20H20ClN3O3. The third-order valence-electron chi connectivity index (χ3n) is 3.93. The summed E-state index contributed by atoms with van der Waals surface area (Å²) >= 11 is 5.90. The van der Waals surface area contributed by atoms with Gasteiger partial charge in [0, 0.05) is 16.6 Å². The second kappa shape index (κ2) is 8.68. The Morgan fingerprint density at radius 1 is 1.15 bits per heavy atom. The number of carbonyl (C=O) groups excluding carboxylic acids is 1. The Morgan fingerprint density at radius 2 is 1.85 bits per heavy atom. The van der Waals surface area contributed by atoms with Gasteiger partial charge in [-0.1, -0.05) is 35.0 Å². The maximum absolute atomic E-state index is 12.6. The van der Waals surface area contributed by atoms with Gasteiger partial charge < -0.3 is 14.2 Å². The molecule has 27 heavy (non-hydrogen) atoms. The molecule has 0 spiro atoms. The second-order valence-electron chi connectivity index (χ2n) is 6.24. The van der Waals surface area contributed by atoms with Crippen molar-refractivity contribution in [3.63, 3.8) is 0 Å². The highest BCUT2D eigenvalue weighted by Crippen LogP contribution is 2.19. The van der Waals surface area contributed by atoms with E-state index in [4.69, 9.17) is 20.9 Å². The van der Waals surface area contributed by atoms with Gasteiger partial charge in [0.1, 0.15) is 12.3 Å². The second-order valence-corrected chi connectivity index (χ2v) is 6.67. The molecular weight excluding hydrogens is 366 g/mol. The van der Waals surface area contributed by atoms with Crippen molar-refractivity contribution in [2.24, 2.45) is 0 Å². The fraction of sp³-hybridized carbons (Fsp3) is 0.250. The van der Waals surface area contributed by atoms with Crippen LogP contribution in [-0.2, 0) is 11.3 Å². The summed E-state index contributed by atoms with van der Waals surface area (Å²) in [5.41, 5.74) is 0.796. The molecule has 0 fully saturated rings. The Balaban J connectivity index is 1.65. The molecule has 3 rings (SSSR count). The lowest BCUT2D eigenvalue weighted by molar-refractivity contribution is -0.136. The number of aromatic nitrogens is 2. The van der Waals surface area contributed by atoms with Crippen molar-refractivity contribution in [2.45, 2.75) is 26.4 Å². The third-order valence-corrected chi connectivity index (χ3v) is 4.18. The summed E-state index contributed by atoms with van der Waals surface area (Å²) in [6.07, 6.45) is 0. The van der Waals surface area contributed by atoms with E-state index in [1.54, 1.807) is 17.0 Å². The third kappa shape index (κ3) is 5.08. The summed E-state index contributed by atoms with van der Waals surface area (Å²) < 4.78 is 10.9. The maximum Gasteiger partial charge on any atom is 0.261 e. The largest absolute Gasteiger partial charge is 0.484 e. The molecule has 0 aliphatic carbocycles. The van der Waals surface area contributed by atoms with Gasteiger partial charge in [0.05, 0.1) is 0 Å². The van der Waals surface area contributed by atoms with Crippen molar-refractivity contribution in [3.05, 3.63) is 65.5 Å². The van der Waals surface area contributed by atoms with Gasteiger partial charge in [0.15, 0.2) is 6.61 Å². The number of ether oxygens (including phenoxy) is 1. The van der Waals surface area contributed by atoms with E-state index in [9.17, 15) is 4.79 Å². The molecule has 0 saturated heterocycles. The van der Waals surface area contributed by atoms with Gasteiger partial charge in [-0.05, 0) is 50.2 Å². The summed E-state index contributed by atoms with van der Waals surface area (Å²) in [4.78, 5) is 18.6. The summed E-state index contributed by atoms with van der Waals surface area (Å²) in [6, 6.07) is 16.3. The van der Waals surface area contributed by atoms with Crippen LogP contribution >= 0.6 is 11.6 Å². The van der Waals surface area contributed by atoms with Gasteiger partial charge in [-0.3, -0.25) is 4.79 Å². The monoisotopic (exact) mass is 385 g/mol. The van der Waals surface area contributed by atoms with Crippen molar-refractivity contribution < 1.29 is 14.1 Å². The van der Waals surface area contributed by atoms with E-state index in [2.05, 4.69) is 10.1 Å². The molecule has 3 aromatic rings. The minimum absolute atomic E-state index is 0.0391. The van der Waals surface area contributed by atoms with Crippen molar-refractivity contribution in [1.29, 1.82) is 0 Å². The van der Waals surface area contributed by atoms with Crippen LogP contribution < -0.4 is 4.74 Å². The zero-order chi connectivity index (χ0) is 19.2. The predicted octanol–water partition coefficient (Wildman–Crippen LogP) is 4.21. The topological polar surface area (TPSA) is 68.5 Å². The number of para-hydroxylation sites is 1. The number of carbonyl (C=O) groups is 1. The molecule has 1 aromatic heterocycles. The molecule has 0 N–H and O–H groups in total. The number of hydrogen-bond acceptors (Lipinski definition) is 5. The summed E-state index contributed by atoms with van der Waals surface area (Å²) in [5.74, 6) is 1.32. The van der Waals surface area contributed by atoms with Gasteiger partial charge in [-0.25, -0.2) is 0 Å². The summed E-state index contributed by atoms with van der Waals surface area (Å²) in [6.45, 7) is 4.02. The van der Waals surface area contributed by atoms with E-state index in [-0.39, 0.29) is 25.1 Å². The van der Waals surface area contributed by atoms with E-state index >= 15 is 0 Å². The van der Waals surface area contributed by atoms with Crippen molar-refractivity contribution in [1.82, 2.24) is 15.0 Å². The zero-order valence-electron chi connectivity index (χ0n) is 15.1. The van der Waals surface area contributed by atoms with Crippen molar-refractivity contribution in [3.8, 4) is 17.1 Å². The van der Waals surface area contributed by atoms with Gasteiger partial charge >= 0.3 is 0 Å². The van der Waals surface area contributed by atoms with Crippen LogP contribution in [0.15, 0.2) is 59.1 Å². The van der Waals surface area contributed by atoms with E-state index in [0.717, 1.165) is 5.56 Å². The Kier molecular flexibility index (Phi) is 6.08. The average Bonchev–Trinajstić information content (AvgIpc) is 3.14. The molecule has 0 radical (unpaired) electrons. The number of hydrogen-bond donors (Lipinski definition) is 0. The van der Waals surface area contributed by atoms with Crippen LogP contribution in [-0.4, -0.2) is 33.6 Å². The molecule has 1 heterocycles. The molecule has 0 aliphatic heterocycles. The van der Waals surface area contributed by atoms with Gasteiger partial charge in [-0.2, -0.15) is 4.98 Å². The minimum atomic E-state index is -0.153. The number of rotatable bonds is 7. The molecule has 1 amide bonds. The molecule has 7 heteroatoms. The highest BCUT2D eigenvalue weighted by molar-refractivity contribution is 6.30. The van der Waals surface area contributed by atoms with Crippen LogP contribution in [0.2, 0.25) is 5.02 Å².